The Morgan fingerprint density at radius 3 is 2.27 bits per heavy atom. The molecule has 1 atom stereocenters. The van der Waals surface area contributed by atoms with Crippen LogP contribution in [0, 0.1) is 5.92 Å². The van der Waals surface area contributed by atoms with Crippen LogP contribution in [-0.2, 0) is 9.47 Å². The molecule has 0 aliphatic heterocycles. The molecule has 0 saturated heterocycles. The second-order valence-electron chi connectivity index (χ2n) is 9.48. The third-order valence-corrected chi connectivity index (χ3v) is 4.42. The van der Waals surface area contributed by atoms with Crippen molar-refractivity contribution in [3.63, 3.8) is 0 Å². The number of rotatable bonds is 8. The number of hydrogen-bond donors (Lipinski definition) is 2. The number of ether oxygens (including phenoxy) is 3. The number of methoxy groups -OCH3 is 1. The van der Waals surface area contributed by atoms with Crippen molar-refractivity contribution in [3.8, 4) is 17.0 Å². The Labute approximate surface area is 195 Å². The molecule has 2 rings (SSSR count). The smallest absolute Gasteiger partial charge is 0.413 e. The Bertz CT molecular complexity index is 941. The third kappa shape index (κ3) is 8.96. The predicted molar refractivity (Wildman–Crippen MR) is 126 cm³/mol. The molecule has 0 spiro atoms. The predicted octanol–water partition coefficient (Wildman–Crippen LogP) is 5.03. The van der Waals surface area contributed by atoms with E-state index >= 15 is 0 Å². The van der Waals surface area contributed by atoms with Crippen LogP contribution >= 0.6 is 0 Å². The summed E-state index contributed by atoms with van der Waals surface area (Å²) in [6.45, 7) is 11.9. The normalized spacial score (nSPS) is 13.1. The highest BCUT2D eigenvalue weighted by Gasteiger charge is 2.31. The molecule has 180 valence electrons. The van der Waals surface area contributed by atoms with Crippen molar-refractivity contribution in [1.29, 1.82) is 0 Å². The van der Waals surface area contributed by atoms with Gasteiger partial charge in [0.15, 0.2) is 0 Å². The molecule has 0 saturated carbocycles. The van der Waals surface area contributed by atoms with Crippen LogP contribution in [0.25, 0.3) is 11.3 Å². The number of alkyl carbamates (subject to hydrolysis) is 1. The third-order valence-electron chi connectivity index (χ3n) is 4.42. The van der Waals surface area contributed by atoms with Gasteiger partial charge in [-0.3, -0.25) is 5.32 Å². The average molecular weight is 459 g/mol. The molecule has 2 N–H and O–H groups in total. The maximum absolute atomic E-state index is 12.3. The maximum Gasteiger partial charge on any atom is 0.413 e. The van der Waals surface area contributed by atoms with Crippen molar-refractivity contribution in [1.82, 2.24) is 15.3 Å². The maximum atomic E-state index is 12.3. The Balaban J connectivity index is 2.07. The van der Waals surface area contributed by atoms with E-state index in [2.05, 4.69) is 39.2 Å². The second kappa shape index (κ2) is 11.0. The Kier molecular flexibility index (Phi) is 8.62. The summed E-state index contributed by atoms with van der Waals surface area (Å²) in [5.74, 6) is 1.15. The van der Waals surface area contributed by atoms with E-state index in [1.807, 2.05) is 52.0 Å². The van der Waals surface area contributed by atoms with Gasteiger partial charge in [0.05, 0.1) is 18.3 Å². The van der Waals surface area contributed by atoms with Gasteiger partial charge >= 0.3 is 12.2 Å². The molecule has 2 amide bonds. The summed E-state index contributed by atoms with van der Waals surface area (Å²) in [6, 6.07) is 9.12. The first kappa shape index (κ1) is 25.9. The average Bonchev–Trinajstić information content (AvgIpc) is 2.70. The molecule has 0 aliphatic carbocycles. The monoisotopic (exact) mass is 458 g/mol. The molecule has 0 fully saturated rings. The molecule has 0 radical (unpaired) electrons. The van der Waals surface area contributed by atoms with Gasteiger partial charge in [0.25, 0.3) is 0 Å². The summed E-state index contributed by atoms with van der Waals surface area (Å²) in [5.41, 5.74) is 0.289. The highest BCUT2D eigenvalue weighted by atomic mass is 16.6. The van der Waals surface area contributed by atoms with Crippen LogP contribution in [0.1, 0.15) is 48.0 Å². The molecule has 1 unspecified atom stereocenters. The van der Waals surface area contributed by atoms with Gasteiger partial charge in [0.2, 0.25) is 5.95 Å². The largest absolute Gasteiger partial charge is 0.491 e. The van der Waals surface area contributed by atoms with E-state index < -0.39 is 23.3 Å². The fraction of sp³-hybridized carbons (Fsp3) is 0.500. The number of nitrogens with zero attached hydrogens (tertiary/aromatic N) is 2. The first-order valence-electron chi connectivity index (χ1n) is 10.8. The van der Waals surface area contributed by atoms with Gasteiger partial charge in [-0.15, -0.1) is 0 Å². The molecular weight excluding hydrogens is 424 g/mol. The fourth-order valence-electron chi connectivity index (χ4n) is 3.28. The van der Waals surface area contributed by atoms with Gasteiger partial charge in [0, 0.05) is 11.8 Å². The van der Waals surface area contributed by atoms with Gasteiger partial charge in [0.1, 0.15) is 18.0 Å². The SMILES string of the molecule is COC(=O)Nc1nccc(-c2ccc(OCC(C)(CC(C)C)NC(=O)OC(C)(C)C)cc2)n1. The Morgan fingerprint density at radius 2 is 1.70 bits per heavy atom. The summed E-state index contributed by atoms with van der Waals surface area (Å²) in [7, 11) is 1.27. The summed E-state index contributed by atoms with van der Waals surface area (Å²) in [4.78, 5) is 32.0. The lowest BCUT2D eigenvalue weighted by atomic mass is 9.91. The van der Waals surface area contributed by atoms with Crippen LogP contribution < -0.4 is 15.4 Å². The van der Waals surface area contributed by atoms with Gasteiger partial charge in [-0.1, -0.05) is 13.8 Å². The summed E-state index contributed by atoms with van der Waals surface area (Å²) in [6.07, 6.45) is 1.17. The molecule has 9 nitrogen and oxygen atoms in total. The zero-order chi connectivity index (χ0) is 24.6. The molecule has 2 aromatic rings. The first-order chi connectivity index (χ1) is 15.4. The topological polar surface area (TPSA) is 112 Å². The number of benzene rings is 1. The van der Waals surface area contributed by atoms with E-state index in [4.69, 9.17) is 9.47 Å². The lowest BCUT2D eigenvalue weighted by molar-refractivity contribution is 0.0408. The highest BCUT2D eigenvalue weighted by molar-refractivity contribution is 5.82. The minimum absolute atomic E-state index is 0.150. The lowest BCUT2D eigenvalue weighted by Crippen LogP contribution is -2.52. The fourth-order valence-corrected chi connectivity index (χ4v) is 3.28. The number of hydrogen-bond acceptors (Lipinski definition) is 7. The lowest BCUT2D eigenvalue weighted by Gasteiger charge is -2.33. The quantitative estimate of drug-likeness (QED) is 0.570. The van der Waals surface area contributed by atoms with E-state index in [1.165, 1.54) is 7.11 Å². The Hall–Kier alpha value is -3.36. The van der Waals surface area contributed by atoms with Crippen molar-refractivity contribution >= 4 is 18.1 Å². The van der Waals surface area contributed by atoms with E-state index in [1.54, 1.807) is 12.3 Å². The van der Waals surface area contributed by atoms with Crippen LogP contribution in [-0.4, -0.2) is 47.0 Å². The van der Waals surface area contributed by atoms with Crippen molar-refractivity contribution in [3.05, 3.63) is 36.5 Å². The van der Waals surface area contributed by atoms with Crippen LogP contribution in [0.15, 0.2) is 36.5 Å². The number of nitrogens with one attached hydrogen (secondary N) is 2. The molecule has 0 aliphatic rings. The van der Waals surface area contributed by atoms with Crippen molar-refractivity contribution in [2.45, 2.75) is 59.1 Å². The minimum atomic E-state index is -0.639. The molecule has 1 aromatic carbocycles. The zero-order valence-electron chi connectivity index (χ0n) is 20.4. The van der Waals surface area contributed by atoms with Gasteiger partial charge in [-0.05, 0) is 70.4 Å². The number of aromatic nitrogens is 2. The van der Waals surface area contributed by atoms with Crippen molar-refractivity contribution in [2.75, 3.05) is 19.0 Å². The van der Waals surface area contributed by atoms with E-state index in [9.17, 15) is 9.59 Å². The number of amides is 2. The van der Waals surface area contributed by atoms with Crippen LogP contribution in [0.5, 0.6) is 5.75 Å². The second-order valence-corrected chi connectivity index (χ2v) is 9.48. The van der Waals surface area contributed by atoms with Crippen molar-refractivity contribution in [2.24, 2.45) is 5.92 Å². The molecule has 33 heavy (non-hydrogen) atoms. The molecule has 1 heterocycles. The molecular formula is C24H34N4O5. The zero-order valence-corrected chi connectivity index (χ0v) is 20.4. The number of carbonyl (C=O) groups is 2. The van der Waals surface area contributed by atoms with Gasteiger partial charge in [-0.25, -0.2) is 19.6 Å². The highest BCUT2D eigenvalue weighted by Crippen LogP contribution is 2.24. The van der Waals surface area contributed by atoms with E-state index in [0.717, 1.165) is 12.0 Å². The van der Waals surface area contributed by atoms with E-state index in [0.29, 0.717) is 17.4 Å². The van der Waals surface area contributed by atoms with Gasteiger partial charge < -0.3 is 19.5 Å². The number of anilines is 1. The van der Waals surface area contributed by atoms with Crippen LogP contribution in [0.3, 0.4) is 0 Å². The summed E-state index contributed by atoms with van der Waals surface area (Å²) < 4.78 is 16.0. The van der Waals surface area contributed by atoms with Crippen LogP contribution in [0.4, 0.5) is 15.5 Å². The van der Waals surface area contributed by atoms with Crippen molar-refractivity contribution < 1.29 is 23.8 Å². The first-order valence-corrected chi connectivity index (χ1v) is 10.8. The molecule has 1 aromatic heterocycles. The van der Waals surface area contributed by atoms with E-state index in [-0.39, 0.29) is 12.6 Å². The number of carbonyl (C=O) groups excluding carboxylic acids is 2. The van der Waals surface area contributed by atoms with Gasteiger partial charge in [-0.2, -0.15) is 0 Å². The minimum Gasteiger partial charge on any atom is -0.491 e. The molecule has 9 heteroatoms. The standard InChI is InChI=1S/C24H34N4O5/c1-16(2)14-24(6,28-22(30)33-23(3,4)5)15-32-18-10-8-17(9-11-18)19-12-13-25-20(26-19)27-21(29)31-7/h8-13,16H,14-15H2,1-7H3,(H,28,30)(H,25,26,27,29). The summed E-state index contributed by atoms with van der Waals surface area (Å²) in [5, 5.41) is 5.41. The molecule has 0 bridgehead atoms. The summed E-state index contributed by atoms with van der Waals surface area (Å²) >= 11 is 0. The Morgan fingerprint density at radius 1 is 1.03 bits per heavy atom. The van der Waals surface area contributed by atoms with Crippen LogP contribution in [0.2, 0.25) is 0 Å².